The molecule has 4 heteroatoms. The zero-order valence-corrected chi connectivity index (χ0v) is 12.1. The number of hydrogen-bond acceptors (Lipinski definition) is 4. The molecule has 0 atom stereocenters. The Kier molecular flexibility index (Phi) is 7.15. The first-order valence-corrected chi connectivity index (χ1v) is 6.81. The predicted molar refractivity (Wildman–Crippen MR) is 77.3 cm³/mol. The van der Waals surface area contributed by atoms with Crippen LogP contribution in [0.25, 0.3) is 0 Å². The molecule has 1 aromatic carbocycles. The van der Waals surface area contributed by atoms with Crippen molar-refractivity contribution in [3.63, 3.8) is 0 Å². The summed E-state index contributed by atoms with van der Waals surface area (Å²) in [6.45, 7) is 9.39. The highest BCUT2D eigenvalue weighted by atomic mass is 16.5. The van der Waals surface area contributed by atoms with E-state index < -0.39 is 0 Å². The van der Waals surface area contributed by atoms with E-state index in [4.69, 9.17) is 0 Å². The van der Waals surface area contributed by atoms with Crippen molar-refractivity contribution in [1.29, 1.82) is 0 Å². The van der Waals surface area contributed by atoms with Crippen molar-refractivity contribution >= 4 is 5.97 Å². The molecule has 19 heavy (non-hydrogen) atoms. The van der Waals surface area contributed by atoms with Gasteiger partial charge >= 0.3 is 5.97 Å². The van der Waals surface area contributed by atoms with Crippen LogP contribution < -0.4 is 5.32 Å². The summed E-state index contributed by atoms with van der Waals surface area (Å²) < 4.78 is 4.67. The average Bonchev–Trinajstić information content (AvgIpc) is 2.47. The van der Waals surface area contributed by atoms with Crippen LogP contribution in [0.3, 0.4) is 0 Å². The summed E-state index contributed by atoms with van der Waals surface area (Å²) in [6.07, 6.45) is 0. The van der Waals surface area contributed by atoms with E-state index in [-0.39, 0.29) is 5.97 Å². The lowest BCUT2D eigenvalue weighted by Gasteiger charge is -2.18. The van der Waals surface area contributed by atoms with Gasteiger partial charge in [0.1, 0.15) is 0 Å². The molecule has 0 heterocycles. The largest absolute Gasteiger partial charge is 0.465 e. The zero-order valence-electron chi connectivity index (χ0n) is 12.1. The molecular formula is C15H24N2O2. The molecule has 4 nitrogen and oxygen atoms in total. The van der Waals surface area contributed by atoms with Crippen LogP contribution in [0.5, 0.6) is 0 Å². The Morgan fingerprint density at radius 3 is 2.37 bits per heavy atom. The van der Waals surface area contributed by atoms with Crippen LogP contribution in [0.1, 0.15) is 29.8 Å². The first-order chi connectivity index (χ1) is 9.21. The number of rotatable bonds is 8. The number of esters is 1. The molecule has 0 aliphatic heterocycles. The lowest BCUT2D eigenvalue weighted by atomic mass is 10.1. The van der Waals surface area contributed by atoms with Crippen LogP contribution >= 0.6 is 0 Å². The normalized spacial score (nSPS) is 10.7. The first-order valence-electron chi connectivity index (χ1n) is 6.81. The number of hydrogen-bond donors (Lipinski definition) is 1. The van der Waals surface area contributed by atoms with Crippen molar-refractivity contribution in [2.24, 2.45) is 0 Å². The Labute approximate surface area is 115 Å². The van der Waals surface area contributed by atoms with Gasteiger partial charge in [-0.05, 0) is 30.8 Å². The maximum Gasteiger partial charge on any atom is 0.337 e. The third-order valence-corrected chi connectivity index (χ3v) is 3.20. The number of likely N-dealkylation sites (N-methyl/N-ethyl adjacent to an activating group) is 1. The quantitative estimate of drug-likeness (QED) is 0.575. The molecule has 0 aliphatic rings. The molecule has 1 aromatic rings. The third kappa shape index (κ3) is 5.41. The number of methoxy groups -OCH3 is 1. The summed E-state index contributed by atoms with van der Waals surface area (Å²) in [5.74, 6) is -0.291. The van der Waals surface area contributed by atoms with Crippen molar-refractivity contribution in [3.05, 3.63) is 35.4 Å². The van der Waals surface area contributed by atoms with E-state index >= 15 is 0 Å². The van der Waals surface area contributed by atoms with Gasteiger partial charge in [-0.15, -0.1) is 0 Å². The van der Waals surface area contributed by atoms with E-state index in [1.165, 1.54) is 12.7 Å². The Hall–Kier alpha value is -1.39. The maximum absolute atomic E-state index is 11.3. The molecule has 0 saturated carbocycles. The van der Waals surface area contributed by atoms with Crippen LogP contribution in [0.4, 0.5) is 0 Å². The SMILES string of the molecule is CCN(CC)CCNCc1ccc(C(=O)OC)cc1. The Bertz CT molecular complexity index is 372. The van der Waals surface area contributed by atoms with E-state index in [1.807, 2.05) is 12.1 Å². The highest BCUT2D eigenvalue weighted by molar-refractivity contribution is 5.89. The molecule has 0 aromatic heterocycles. The Morgan fingerprint density at radius 1 is 1.21 bits per heavy atom. The number of nitrogens with one attached hydrogen (secondary N) is 1. The second-order valence-corrected chi connectivity index (χ2v) is 4.39. The van der Waals surface area contributed by atoms with E-state index in [2.05, 4.69) is 28.8 Å². The topological polar surface area (TPSA) is 41.6 Å². The minimum Gasteiger partial charge on any atom is -0.465 e. The van der Waals surface area contributed by atoms with Gasteiger partial charge in [0.25, 0.3) is 0 Å². The van der Waals surface area contributed by atoms with Crippen molar-refractivity contribution in [1.82, 2.24) is 10.2 Å². The fourth-order valence-electron chi connectivity index (χ4n) is 1.89. The number of benzene rings is 1. The first kappa shape index (κ1) is 15.7. The molecule has 0 fully saturated rings. The summed E-state index contributed by atoms with van der Waals surface area (Å²) in [5.41, 5.74) is 1.77. The summed E-state index contributed by atoms with van der Waals surface area (Å²) in [6, 6.07) is 7.51. The van der Waals surface area contributed by atoms with Crippen LogP contribution in [0, 0.1) is 0 Å². The van der Waals surface area contributed by atoms with E-state index in [1.54, 1.807) is 12.1 Å². The molecule has 1 N–H and O–H groups in total. The Morgan fingerprint density at radius 2 is 1.84 bits per heavy atom. The molecular weight excluding hydrogens is 240 g/mol. The van der Waals surface area contributed by atoms with E-state index in [0.29, 0.717) is 5.56 Å². The highest BCUT2D eigenvalue weighted by Gasteiger charge is 2.04. The van der Waals surface area contributed by atoms with Crippen LogP contribution in [-0.4, -0.2) is 44.2 Å². The molecule has 0 aliphatic carbocycles. The summed E-state index contributed by atoms with van der Waals surface area (Å²) >= 11 is 0. The van der Waals surface area contributed by atoms with Gasteiger partial charge in [0, 0.05) is 19.6 Å². The smallest absolute Gasteiger partial charge is 0.337 e. The van der Waals surface area contributed by atoms with Crippen molar-refractivity contribution in [3.8, 4) is 0 Å². The van der Waals surface area contributed by atoms with Gasteiger partial charge in [0.15, 0.2) is 0 Å². The van der Waals surface area contributed by atoms with Gasteiger partial charge in [-0.3, -0.25) is 0 Å². The molecule has 0 saturated heterocycles. The average molecular weight is 264 g/mol. The van der Waals surface area contributed by atoms with Crippen molar-refractivity contribution < 1.29 is 9.53 Å². The minimum atomic E-state index is -0.291. The standard InChI is InChI=1S/C15H24N2O2/c1-4-17(5-2)11-10-16-12-13-6-8-14(9-7-13)15(18)19-3/h6-9,16H,4-5,10-12H2,1-3H3. The van der Waals surface area contributed by atoms with Crippen LogP contribution in [0.15, 0.2) is 24.3 Å². The summed E-state index contributed by atoms with van der Waals surface area (Å²) in [4.78, 5) is 13.7. The van der Waals surface area contributed by atoms with Gasteiger partial charge in [-0.25, -0.2) is 4.79 Å². The zero-order chi connectivity index (χ0) is 14.1. The lowest BCUT2D eigenvalue weighted by molar-refractivity contribution is 0.0600. The van der Waals surface area contributed by atoms with Crippen LogP contribution in [-0.2, 0) is 11.3 Å². The van der Waals surface area contributed by atoms with Gasteiger partial charge < -0.3 is 15.0 Å². The molecule has 0 bridgehead atoms. The molecule has 0 radical (unpaired) electrons. The van der Waals surface area contributed by atoms with E-state index in [9.17, 15) is 4.79 Å². The second kappa shape index (κ2) is 8.67. The number of ether oxygens (including phenoxy) is 1. The van der Waals surface area contributed by atoms with E-state index in [0.717, 1.165) is 32.7 Å². The summed E-state index contributed by atoms with van der Waals surface area (Å²) in [7, 11) is 1.39. The van der Waals surface area contributed by atoms with Crippen molar-refractivity contribution in [2.45, 2.75) is 20.4 Å². The van der Waals surface area contributed by atoms with Gasteiger partial charge in [-0.1, -0.05) is 26.0 Å². The molecule has 0 amide bonds. The number of carbonyl (C=O) groups excluding carboxylic acids is 1. The number of carbonyl (C=O) groups is 1. The molecule has 0 unspecified atom stereocenters. The molecule has 106 valence electrons. The fourth-order valence-corrected chi connectivity index (χ4v) is 1.89. The Balaban J connectivity index is 2.32. The molecule has 1 rings (SSSR count). The van der Waals surface area contributed by atoms with Crippen molar-refractivity contribution in [2.75, 3.05) is 33.3 Å². The highest BCUT2D eigenvalue weighted by Crippen LogP contribution is 2.05. The molecule has 0 spiro atoms. The van der Waals surface area contributed by atoms with Gasteiger partial charge in [-0.2, -0.15) is 0 Å². The number of nitrogens with zero attached hydrogens (tertiary/aromatic N) is 1. The van der Waals surface area contributed by atoms with Crippen LogP contribution in [0.2, 0.25) is 0 Å². The summed E-state index contributed by atoms with van der Waals surface area (Å²) in [5, 5.41) is 3.41. The van der Waals surface area contributed by atoms with Gasteiger partial charge in [0.05, 0.1) is 12.7 Å². The van der Waals surface area contributed by atoms with Gasteiger partial charge in [0.2, 0.25) is 0 Å². The predicted octanol–water partition coefficient (Wildman–Crippen LogP) is 1.90. The fraction of sp³-hybridized carbons (Fsp3) is 0.533. The third-order valence-electron chi connectivity index (χ3n) is 3.20. The monoisotopic (exact) mass is 264 g/mol. The minimum absolute atomic E-state index is 0.291. The maximum atomic E-state index is 11.3. The second-order valence-electron chi connectivity index (χ2n) is 4.39. The lowest BCUT2D eigenvalue weighted by Crippen LogP contribution is -2.31.